The van der Waals surface area contributed by atoms with E-state index in [-0.39, 0.29) is 12.7 Å². The molecule has 1 saturated heterocycles. The molecule has 3 rings (SSSR count). The zero-order valence-corrected chi connectivity index (χ0v) is 14.0. The Bertz CT molecular complexity index is 581. The first-order chi connectivity index (χ1) is 11.2. The Labute approximate surface area is 140 Å². The quantitative estimate of drug-likeness (QED) is 0.621. The Hall–Kier alpha value is -1.15. The first-order valence-corrected chi connectivity index (χ1v) is 9.22. The molecular weight excluding hydrogens is 312 g/mol. The summed E-state index contributed by atoms with van der Waals surface area (Å²) in [7, 11) is 0. The lowest BCUT2D eigenvalue weighted by atomic mass is 10.0. The molecule has 2 atom stereocenters. The second-order valence-corrected chi connectivity index (χ2v) is 7.39. The van der Waals surface area contributed by atoms with Crippen molar-refractivity contribution in [3.05, 3.63) is 23.7 Å². The molecule has 0 spiro atoms. The number of allylic oxidation sites excluding steroid dienone is 1. The number of nitrogen functional groups attached to an aromatic ring is 1. The van der Waals surface area contributed by atoms with Gasteiger partial charge in [0.25, 0.3) is 0 Å². The summed E-state index contributed by atoms with van der Waals surface area (Å²) in [4.78, 5) is 10.7. The van der Waals surface area contributed by atoms with E-state index in [2.05, 4.69) is 20.9 Å². The first-order valence-electron chi connectivity index (χ1n) is 8.06. The van der Waals surface area contributed by atoms with Crippen molar-refractivity contribution in [2.24, 2.45) is 5.92 Å². The van der Waals surface area contributed by atoms with Gasteiger partial charge in [-0.05, 0) is 30.1 Å². The molecule has 23 heavy (non-hydrogen) atoms. The highest BCUT2D eigenvalue weighted by molar-refractivity contribution is 7.99. The van der Waals surface area contributed by atoms with Crippen molar-refractivity contribution >= 4 is 23.2 Å². The van der Waals surface area contributed by atoms with E-state index in [0.717, 1.165) is 48.7 Å². The maximum atomic E-state index is 10.3. The molecule has 1 aliphatic carbocycles. The SMILES string of the molecule is Nc1ncnc2c1CC=C2CN1C[C@H](CCSCCO)[C@@H](O)C1. The first kappa shape index (κ1) is 16.7. The average Bonchev–Trinajstić information content (AvgIpc) is 3.09. The highest BCUT2D eigenvalue weighted by Crippen LogP contribution is 2.31. The average molecular weight is 336 g/mol. The van der Waals surface area contributed by atoms with Gasteiger partial charge in [-0.15, -0.1) is 0 Å². The molecule has 4 N–H and O–H groups in total. The minimum absolute atomic E-state index is 0.225. The van der Waals surface area contributed by atoms with Crippen molar-refractivity contribution in [2.75, 3.05) is 43.5 Å². The van der Waals surface area contributed by atoms with Gasteiger partial charge in [0, 0.05) is 31.0 Å². The van der Waals surface area contributed by atoms with Gasteiger partial charge in [-0.2, -0.15) is 11.8 Å². The van der Waals surface area contributed by atoms with Crippen LogP contribution >= 0.6 is 11.8 Å². The molecule has 2 aliphatic rings. The molecule has 0 aromatic carbocycles. The van der Waals surface area contributed by atoms with Crippen LogP contribution in [0.3, 0.4) is 0 Å². The number of hydrogen-bond acceptors (Lipinski definition) is 7. The fourth-order valence-electron chi connectivity index (χ4n) is 3.36. The summed E-state index contributed by atoms with van der Waals surface area (Å²) >= 11 is 1.75. The van der Waals surface area contributed by atoms with Crippen LogP contribution in [0.25, 0.3) is 5.57 Å². The summed E-state index contributed by atoms with van der Waals surface area (Å²) < 4.78 is 0. The third-order valence-electron chi connectivity index (χ3n) is 4.58. The lowest BCUT2D eigenvalue weighted by Gasteiger charge is -2.16. The van der Waals surface area contributed by atoms with Crippen LogP contribution in [0.2, 0.25) is 0 Å². The van der Waals surface area contributed by atoms with Crippen LogP contribution in [0, 0.1) is 5.92 Å². The second kappa shape index (κ2) is 7.61. The smallest absolute Gasteiger partial charge is 0.130 e. The normalized spacial score (nSPS) is 24.0. The van der Waals surface area contributed by atoms with Gasteiger partial charge in [-0.25, -0.2) is 9.97 Å². The number of thioether (sulfide) groups is 1. The monoisotopic (exact) mass is 336 g/mol. The molecule has 1 aliphatic heterocycles. The van der Waals surface area contributed by atoms with E-state index in [9.17, 15) is 5.11 Å². The topological polar surface area (TPSA) is 95.5 Å². The fourth-order valence-corrected chi connectivity index (χ4v) is 4.16. The molecule has 7 heteroatoms. The number of hydrogen-bond donors (Lipinski definition) is 3. The van der Waals surface area contributed by atoms with Gasteiger partial charge in [0.15, 0.2) is 0 Å². The summed E-state index contributed by atoms with van der Waals surface area (Å²) in [6.07, 6.45) is 5.23. The summed E-state index contributed by atoms with van der Waals surface area (Å²) in [5.41, 5.74) is 9.09. The van der Waals surface area contributed by atoms with Gasteiger partial charge < -0.3 is 15.9 Å². The number of aliphatic hydroxyl groups excluding tert-OH is 2. The lowest BCUT2D eigenvalue weighted by molar-refractivity contribution is 0.141. The predicted molar refractivity (Wildman–Crippen MR) is 93.1 cm³/mol. The van der Waals surface area contributed by atoms with Crippen LogP contribution in [-0.4, -0.2) is 68.9 Å². The van der Waals surface area contributed by atoms with E-state index in [1.54, 1.807) is 11.8 Å². The van der Waals surface area contributed by atoms with Crippen LogP contribution < -0.4 is 5.73 Å². The van der Waals surface area contributed by atoms with Crippen molar-refractivity contribution < 1.29 is 10.2 Å². The molecule has 1 aromatic rings. The number of nitrogens with two attached hydrogens (primary N) is 1. The Morgan fingerprint density at radius 3 is 3.00 bits per heavy atom. The van der Waals surface area contributed by atoms with Crippen molar-refractivity contribution in [2.45, 2.75) is 18.9 Å². The number of anilines is 1. The van der Waals surface area contributed by atoms with E-state index >= 15 is 0 Å². The maximum absolute atomic E-state index is 10.3. The molecule has 0 amide bonds. The van der Waals surface area contributed by atoms with Crippen LogP contribution in [-0.2, 0) is 6.42 Å². The van der Waals surface area contributed by atoms with Crippen molar-refractivity contribution in [3.63, 3.8) is 0 Å². The largest absolute Gasteiger partial charge is 0.396 e. The molecule has 0 unspecified atom stereocenters. The van der Waals surface area contributed by atoms with Gasteiger partial charge >= 0.3 is 0 Å². The number of aliphatic hydroxyl groups is 2. The molecule has 0 radical (unpaired) electrons. The summed E-state index contributed by atoms with van der Waals surface area (Å²) in [6.45, 7) is 2.65. The summed E-state index contributed by atoms with van der Waals surface area (Å²) in [6, 6.07) is 0. The van der Waals surface area contributed by atoms with Gasteiger partial charge in [-0.1, -0.05) is 6.08 Å². The number of rotatable bonds is 7. The molecule has 6 nitrogen and oxygen atoms in total. The van der Waals surface area contributed by atoms with E-state index in [1.165, 1.54) is 11.9 Å². The molecule has 0 saturated carbocycles. The summed E-state index contributed by atoms with van der Waals surface area (Å²) in [5.74, 6) is 2.66. The Kier molecular flexibility index (Phi) is 5.53. The van der Waals surface area contributed by atoms with E-state index in [4.69, 9.17) is 10.8 Å². The third kappa shape index (κ3) is 3.85. The van der Waals surface area contributed by atoms with Crippen molar-refractivity contribution in [3.8, 4) is 0 Å². The van der Waals surface area contributed by atoms with E-state index < -0.39 is 0 Å². The van der Waals surface area contributed by atoms with Crippen LogP contribution in [0.4, 0.5) is 5.82 Å². The van der Waals surface area contributed by atoms with Crippen LogP contribution in [0.1, 0.15) is 17.7 Å². The summed E-state index contributed by atoms with van der Waals surface area (Å²) in [5, 5.41) is 19.1. The van der Waals surface area contributed by atoms with Gasteiger partial charge in [0.1, 0.15) is 12.1 Å². The Morgan fingerprint density at radius 1 is 1.30 bits per heavy atom. The minimum atomic E-state index is -0.262. The van der Waals surface area contributed by atoms with E-state index in [1.807, 2.05) is 0 Å². The molecule has 0 bridgehead atoms. The zero-order chi connectivity index (χ0) is 16.2. The highest BCUT2D eigenvalue weighted by Gasteiger charge is 2.32. The molecule has 126 valence electrons. The second-order valence-electron chi connectivity index (χ2n) is 6.17. The standard InChI is InChI=1S/C16H24N4O2S/c17-16-13-2-1-12(15(13)18-10-19-16)8-20-7-11(14(22)9-20)3-5-23-6-4-21/h1,10-11,14,21-22H,2-9H2,(H2,17,18,19)/t11-,14-/m0/s1. The van der Waals surface area contributed by atoms with Crippen LogP contribution in [0.5, 0.6) is 0 Å². The number of nitrogens with zero attached hydrogens (tertiary/aromatic N) is 3. The Morgan fingerprint density at radius 2 is 2.17 bits per heavy atom. The van der Waals surface area contributed by atoms with Gasteiger partial charge in [0.05, 0.1) is 18.4 Å². The van der Waals surface area contributed by atoms with Crippen molar-refractivity contribution in [1.29, 1.82) is 0 Å². The number of likely N-dealkylation sites (tertiary alicyclic amines) is 1. The number of β-amino-alcohol motifs (C(OH)–C–C–N with tert-alkyl or cyclic N) is 1. The van der Waals surface area contributed by atoms with Crippen molar-refractivity contribution in [1.82, 2.24) is 14.9 Å². The number of fused-ring (bicyclic) bond motifs is 1. The van der Waals surface area contributed by atoms with Gasteiger partial charge in [0.2, 0.25) is 0 Å². The number of aromatic nitrogens is 2. The fraction of sp³-hybridized carbons (Fsp3) is 0.625. The highest BCUT2D eigenvalue weighted by atomic mass is 32.2. The lowest BCUT2D eigenvalue weighted by Crippen LogP contribution is -2.24. The van der Waals surface area contributed by atoms with E-state index in [0.29, 0.717) is 18.3 Å². The minimum Gasteiger partial charge on any atom is -0.396 e. The predicted octanol–water partition coefficient (Wildman–Crippen LogP) is 0.407. The third-order valence-corrected chi connectivity index (χ3v) is 5.58. The molecule has 1 aromatic heterocycles. The molecular formula is C16H24N4O2S. The van der Waals surface area contributed by atoms with Gasteiger partial charge in [-0.3, -0.25) is 4.90 Å². The molecule has 1 fully saturated rings. The zero-order valence-electron chi connectivity index (χ0n) is 13.2. The van der Waals surface area contributed by atoms with Crippen LogP contribution in [0.15, 0.2) is 12.4 Å². The Balaban J connectivity index is 1.54. The maximum Gasteiger partial charge on any atom is 0.130 e. The molecule has 2 heterocycles.